The van der Waals surface area contributed by atoms with Crippen molar-refractivity contribution in [3.63, 3.8) is 0 Å². The summed E-state index contributed by atoms with van der Waals surface area (Å²) in [6.07, 6.45) is 0. The predicted molar refractivity (Wildman–Crippen MR) is 87.9 cm³/mol. The molecule has 0 bridgehead atoms. The Morgan fingerprint density at radius 1 is 1.05 bits per heavy atom. The first-order valence-corrected chi connectivity index (χ1v) is 6.94. The number of nitrogens with zero attached hydrogens (tertiary/aromatic N) is 1. The standard InChI is InChI=1S/C17H21NO.ClH/c1-4-18(5-2)13(3)17(19)16-11-10-14-8-6-7-9-15(14)12-16;/h6-13H,4-5H2,1-3H3;1H. The fourth-order valence-corrected chi connectivity index (χ4v) is 2.52. The average Bonchev–Trinajstić information content (AvgIpc) is 2.47. The molecule has 0 heterocycles. The maximum atomic E-state index is 12.5. The Kier molecular flexibility index (Phi) is 6.18. The van der Waals surface area contributed by atoms with E-state index in [2.05, 4.69) is 24.8 Å². The zero-order chi connectivity index (χ0) is 13.8. The van der Waals surface area contributed by atoms with Gasteiger partial charge >= 0.3 is 0 Å². The molecule has 1 unspecified atom stereocenters. The van der Waals surface area contributed by atoms with Crippen LogP contribution in [0, 0.1) is 0 Å². The number of ketones is 1. The van der Waals surface area contributed by atoms with E-state index in [0.717, 1.165) is 24.0 Å². The van der Waals surface area contributed by atoms with Gasteiger partial charge in [-0.15, -0.1) is 12.4 Å². The molecule has 2 rings (SSSR count). The lowest BCUT2D eigenvalue weighted by Crippen LogP contribution is -2.38. The topological polar surface area (TPSA) is 20.3 Å². The van der Waals surface area contributed by atoms with Crippen molar-refractivity contribution in [2.24, 2.45) is 0 Å². The summed E-state index contributed by atoms with van der Waals surface area (Å²) in [5, 5.41) is 2.30. The molecule has 2 aromatic rings. The van der Waals surface area contributed by atoms with Crippen LogP contribution in [0.1, 0.15) is 31.1 Å². The monoisotopic (exact) mass is 291 g/mol. The van der Waals surface area contributed by atoms with E-state index < -0.39 is 0 Å². The van der Waals surface area contributed by atoms with Gasteiger partial charge in [0.15, 0.2) is 5.78 Å². The molecule has 0 aliphatic rings. The van der Waals surface area contributed by atoms with Crippen LogP contribution in [0.25, 0.3) is 10.8 Å². The maximum absolute atomic E-state index is 12.5. The highest BCUT2D eigenvalue weighted by molar-refractivity contribution is 6.02. The zero-order valence-electron chi connectivity index (χ0n) is 12.3. The van der Waals surface area contributed by atoms with E-state index in [-0.39, 0.29) is 24.2 Å². The summed E-state index contributed by atoms with van der Waals surface area (Å²) in [4.78, 5) is 14.7. The maximum Gasteiger partial charge on any atom is 0.179 e. The first kappa shape index (κ1) is 16.7. The fraction of sp³-hybridized carbons (Fsp3) is 0.353. The van der Waals surface area contributed by atoms with Gasteiger partial charge in [-0.3, -0.25) is 9.69 Å². The van der Waals surface area contributed by atoms with E-state index >= 15 is 0 Å². The van der Waals surface area contributed by atoms with Crippen LogP contribution in [-0.2, 0) is 0 Å². The summed E-state index contributed by atoms with van der Waals surface area (Å²) in [6, 6.07) is 14.0. The van der Waals surface area contributed by atoms with E-state index in [1.807, 2.05) is 43.3 Å². The van der Waals surface area contributed by atoms with Crippen molar-refractivity contribution >= 4 is 29.0 Å². The number of benzene rings is 2. The number of hydrogen-bond acceptors (Lipinski definition) is 2. The van der Waals surface area contributed by atoms with Crippen LogP contribution < -0.4 is 0 Å². The highest BCUT2D eigenvalue weighted by atomic mass is 35.5. The van der Waals surface area contributed by atoms with Crippen molar-refractivity contribution in [1.82, 2.24) is 4.90 Å². The molecule has 2 nitrogen and oxygen atoms in total. The summed E-state index contributed by atoms with van der Waals surface area (Å²) < 4.78 is 0. The third-order valence-corrected chi connectivity index (χ3v) is 3.77. The molecule has 0 amide bonds. The lowest BCUT2D eigenvalue weighted by Gasteiger charge is -2.25. The number of hydrogen-bond donors (Lipinski definition) is 0. The molecular weight excluding hydrogens is 270 g/mol. The molecular formula is C17H22ClNO. The van der Waals surface area contributed by atoms with E-state index in [1.54, 1.807) is 0 Å². The normalized spacial score (nSPS) is 12.2. The van der Waals surface area contributed by atoms with Crippen molar-refractivity contribution in [2.45, 2.75) is 26.8 Å². The molecule has 0 aromatic heterocycles. The number of likely N-dealkylation sites (N-methyl/N-ethyl adjacent to an activating group) is 1. The summed E-state index contributed by atoms with van der Waals surface area (Å²) in [6.45, 7) is 7.97. The molecule has 1 atom stereocenters. The molecule has 20 heavy (non-hydrogen) atoms. The highest BCUT2D eigenvalue weighted by Gasteiger charge is 2.20. The SMILES string of the molecule is CCN(CC)C(C)C(=O)c1ccc2ccccc2c1.Cl. The number of rotatable bonds is 5. The quantitative estimate of drug-likeness (QED) is 0.771. The van der Waals surface area contributed by atoms with Crippen LogP contribution >= 0.6 is 12.4 Å². The van der Waals surface area contributed by atoms with Crippen LogP contribution in [0.2, 0.25) is 0 Å². The Balaban J connectivity index is 0.00000200. The molecule has 108 valence electrons. The minimum atomic E-state index is -0.0591. The third kappa shape index (κ3) is 3.38. The lowest BCUT2D eigenvalue weighted by molar-refractivity contribution is 0.0851. The van der Waals surface area contributed by atoms with E-state index in [9.17, 15) is 4.79 Å². The predicted octanol–water partition coefficient (Wildman–Crippen LogP) is 4.17. The summed E-state index contributed by atoms with van der Waals surface area (Å²) in [5.41, 5.74) is 0.804. The lowest BCUT2D eigenvalue weighted by atomic mass is 10.0. The Bertz CT molecular complexity index is 578. The van der Waals surface area contributed by atoms with Gasteiger partial charge in [-0.25, -0.2) is 0 Å². The van der Waals surface area contributed by atoms with Crippen molar-refractivity contribution < 1.29 is 4.79 Å². The van der Waals surface area contributed by atoms with Gasteiger partial charge in [0.05, 0.1) is 6.04 Å². The smallest absolute Gasteiger partial charge is 0.179 e. The molecule has 0 saturated carbocycles. The second-order valence-electron chi connectivity index (χ2n) is 4.82. The van der Waals surface area contributed by atoms with Gasteiger partial charge in [0, 0.05) is 5.56 Å². The number of fused-ring (bicyclic) bond motifs is 1. The Hall–Kier alpha value is -1.38. The Morgan fingerprint density at radius 2 is 1.65 bits per heavy atom. The molecule has 2 aromatic carbocycles. The van der Waals surface area contributed by atoms with Crippen molar-refractivity contribution in [3.05, 3.63) is 48.0 Å². The minimum Gasteiger partial charge on any atom is -0.294 e. The van der Waals surface area contributed by atoms with Gasteiger partial charge in [-0.05, 0) is 36.9 Å². The van der Waals surface area contributed by atoms with Crippen LogP contribution in [0.4, 0.5) is 0 Å². The largest absolute Gasteiger partial charge is 0.294 e. The second kappa shape index (κ2) is 7.41. The van der Waals surface area contributed by atoms with Gasteiger partial charge in [-0.2, -0.15) is 0 Å². The molecule has 0 aliphatic heterocycles. The van der Waals surface area contributed by atoms with Gasteiger partial charge < -0.3 is 0 Å². The molecule has 0 aliphatic carbocycles. The average molecular weight is 292 g/mol. The number of halogens is 1. The van der Waals surface area contributed by atoms with E-state index in [1.165, 1.54) is 5.39 Å². The second-order valence-corrected chi connectivity index (χ2v) is 4.82. The van der Waals surface area contributed by atoms with Crippen molar-refractivity contribution in [2.75, 3.05) is 13.1 Å². The summed E-state index contributed by atoms with van der Waals surface area (Å²) in [7, 11) is 0. The van der Waals surface area contributed by atoms with Crippen LogP contribution in [-0.4, -0.2) is 29.8 Å². The molecule has 0 saturated heterocycles. The number of Topliss-reactive ketones (excluding diaryl/α,β-unsaturated/α-hetero) is 1. The molecule has 0 N–H and O–H groups in total. The molecule has 0 fully saturated rings. The van der Waals surface area contributed by atoms with E-state index in [4.69, 9.17) is 0 Å². The van der Waals surface area contributed by atoms with Crippen LogP contribution in [0.3, 0.4) is 0 Å². The summed E-state index contributed by atoms with van der Waals surface area (Å²) >= 11 is 0. The zero-order valence-corrected chi connectivity index (χ0v) is 13.1. The molecule has 0 radical (unpaired) electrons. The first-order chi connectivity index (χ1) is 9.17. The third-order valence-electron chi connectivity index (χ3n) is 3.77. The van der Waals surface area contributed by atoms with Crippen LogP contribution in [0.15, 0.2) is 42.5 Å². The van der Waals surface area contributed by atoms with E-state index in [0.29, 0.717) is 0 Å². The highest BCUT2D eigenvalue weighted by Crippen LogP contribution is 2.17. The minimum absolute atomic E-state index is 0. The molecule has 3 heteroatoms. The van der Waals surface area contributed by atoms with Gasteiger partial charge in [-0.1, -0.05) is 50.2 Å². The number of carbonyl (C=O) groups excluding carboxylic acids is 1. The van der Waals surface area contributed by atoms with Gasteiger partial charge in [0.25, 0.3) is 0 Å². The van der Waals surface area contributed by atoms with Crippen molar-refractivity contribution in [3.8, 4) is 0 Å². The fourth-order valence-electron chi connectivity index (χ4n) is 2.52. The van der Waals surface area contributed by atoms with Gasteiger partial charge in [0.1, 0.15) is 0 Å². The number of carbonyl (C=O) groups is 1. The van der Waals surface area contributed by atoms with Gasteiger partial charge in [0.2, 0.25) is 0 Å². The Morgan fingerprint density at radius 3 is 2.25 bits per heavy atom. The first-order valence-electron chi connectivity index (χ1n) is 6.94. The molecule has 0 spiro atoms. The Labute approximate surface area is 127 Å². The van der Waals surface area contributed by atoms with Crippen LogP contribution in [0.5, 0.6) is 0 Å². The van der Waals surface area contributed by atoms with Crippen molar-refractivity contribution in [1.29, 1.82) is 0 Å². The summed E-state index contributed by atoms with van der Waals surface area (Å²) in [5.74, 6) is 0.203.